The first-order chi connectivity index (χ1) is 9.86. The smallest absolute Gasteiger partial charge is 0.119 e. The van der Waals surface area contributed by atoms with Gasteiger partial charge in [0.2, 0.25) is 0 Å². The molecule has 0 aliphatic rings. The molecular weight excluding hydrogens is 254 g/mol. The van der Waals surface area contributed by atoms with Crippen molar-refractivity contribution in [3.8, 4) is 5.75 Å². The Bertz CT molecular complexity index is 327. The molecule has 1 rings (SSSR count). The molecular formula is C16H27NO3. The molecule has 0 aliphatic heterocycles. The zero-order valence-electron chi connectivity index (χ0n) is 12.7. The molecule has 1 aromatic rings. The summed E-state index contributed by atoms with van der Waals surface area (Å²) in [6, 6.07) is 8.19. The van der Waals surface area contributed by atoms with Gasteiger partial charge in [0, 0.05) is 13.2 Å². The van der Waals surface area contributed by atoms with Crippen LogP contribution in [0, 0.1) is 0 Å². The van der Waals surface area contributed by atoms with Crippen molar-refractivity contribution >= 4 is 0 Å². The van der Waals surface area contributed by atoms with Crippen LogP contribution in [0.5, 0.6) is 5.75 Å². The number of ether oxygens (including phenoxy) is 3. The molecule has 0 unspecified atom stereocenters. The number of hydrogen-bond acceptors (Lipinski definition) is 4. The predicted octanol–water partition coefficient (Wildman–Crippen LogP) is 2.62. The topological polar surface area (TPSA) is 39.7 Å². The molecule has 20 heavy (non-hydrogen) atoms. The van der Waals surface area contributed by atoms with Gasteiger partial charge in [-0.15, -0.1) is 0 Å². The predicted molar refractivity (Wildman–Crippen MR) is 81.2 cm³/mol. The molecule has 114 valence electrons. The van der Waals surface area contributed by atoms with Crippen LogP contribution in [-0.4, -0.2) is 39.6 Å². The third-order valence-corrected chi connectivity index (χ3v) is 2.75. The number of benzene rings is 1. The van der Waals surface area contributed by atoms with E-state index >= 15 is 0 Å². The van der Waals surface area contributed by atoms with Gasteiger partial charge >= 0.3 is 0 Å². The highest BCUT2D eigenvalue weighted by atomic mass is 16.5. The summed E-state index contributed by atoms with van der Waals surface area (Å²) >= 11 is 0. The van der Waals surface area contributed by atoms with Crippen LogP contribution in [0.3, 0.4) is 0 Å². The van der Waals surface area contributed by atoms with Gasteiger partial charge in [-0.25, -0.2) is 0 Å². The minimum absolute atomic E-state index is 0.569. The van der Waals surface area contributed by atoms with Gasteiger partial charge in [0.1, 0.15) is 12.4 Å². The largest absolute Gasteiger partial charge is 0.491 e. The number of hydrogen-bond donors (Lipinski definition) is 1. The highest BCUT2D eigenvalue weighted by molar-refractivity contribution is 5.27. The summed E-state index contributed by atoms with van der Waals surface area (Å²) < 4.78 is 16.2. The van der Waals surface area contributed by atoms with Crippen LogP contribution < -0.4 is 10.1 Å². The van der Waals surface area contributed by atoms with E-state index in [0.717, 1.165) is 31.9 Å². The fourth-order valence-corrected chi connectivity index (χ4v) is 1.70. The molecule has 1 aromatic carbocycles. The van der Waals surface area contributed by atoms with Gasteiger partial charge in [-0.05, 0) is 37.6 Å². The van der Waals surface area contributed by atoms with E-state index in [2.05, 4.69) is 24.4 Å². The molecule has 0 radical (unpaired) electrons. The van der Waals surface area contributed by atoms with Crippen LogP contribution in [0.4, 0.5) is 0 Å². The van der Waals surface area contributed by atoms with Crippen molar-refractivity contribution in [2.45, 2.75) is 26.8 Å². The average Bonchev–Trinajstić information content (AvgIpc) is 2.48. The summed E-state index contributed by atoms with van der Waals surface area (Å²) in [5.41, 5.74) is 1.28. The van der Waals surface area contributed by atoms with Crippen molar-refractivity contribution in [2.24, 2.45) is 0 Å². The Morgan fingerprint density at radius 1 is 0.900 bits per heavy atom. The summed E-state index contributed by atoms with van der Waals surface area (Å²) in [4.78, 5) is 0. The quantitative estimate of drug-likeness (QED) is 0.598. The molecule has 0 aliphatic carbocycles. The summed E-state index contributed by atoms with van der Waals surface area (Å²) in [6.45, 7) is 9.28. The van der Waals surface area contributed by atoms with E-state index in [9.17, 15) is 0 Å². The van der Waals surface area contributed by atoms with Crippen LogP contribution in [-0.2, 0) is 16.0 Å². The Balaban J connectivity index is 2.08. The van der Waals surface area contributed by atoms with E-state index in [1.54, 1.807) is 0 Å². The highest BCUT2D eigenvalue weighted by Gasteiger charge is 1.96. The van der Waals surface area contributed by atoms with Crippen molar-refractivity contribution < 1.29 is 14.2 Å². The lowest BCUT2D eigenvalue weighted by molar-refractivity contribution is 0.0405. The molecule has 0 amide bonds. The molecule has 0 bridgehead atoms. The van der Waals surface area contributed by atoms with Gasteiger partial charge in [-0.3, -0.25) is 0 Å². The second-order valence-corrected chi connectivity index (χ2v) is 4.48. The maximum Gasteiger partial charge on any atom is 0.119 e. The van der Waals surface area contributed by atoms with Crippen LogP contribution in [0.25, 0.3) is 0 Å². The molecule has 0 aromatic heterocycles. The van der Waals surface area contributed by atoms with Gasteiger partial charge in [0.05, 0.1) is 19.8 Å². The summed E-state index contributed by atoms with van der Waals surface area (Å²) in [5.74, 6) is 0.887. The Kier molecular flexibility index (Phi) is 9.92. The standard InChI is InChI=1S/C16H27NO3/c1-3-9-17-14-15-5-7-16(8-6-15)20-13-12-19-11-10-18-4-2/h5-8,17H,3-4,9-14H2,1-2H3. The SMILES string of the molecule is CCCNCc1ccc(OCCOCCOCC)cc1. The summed E-state index contributed by atoms with van der Waals surface area (Å²) in [7, 11) is 0. The minimum atomic E-state index is 0.569. The van der Waals surface area contributed by atoms with E-state index in [4.69, 9.17) is 14.2 Å². The van der Waals surface area contributed by atoms with Crippen molar-refractivity contribution in [1.29, 1.82) is 0 Å². The zero-order chi connectivity index (χ0) is 14.5. The molecule has 0 atom stereocenters. The van der Waals surface area contributed by atoms with Gasteiger partial charge in [0.15, 0.2) is 0 Å². The number of rotatable bonds is 12. The van der Waals surface area contributed by atoms with Crippen molar-refractivity contribution in [1.82, 2.24) is 5.32 Å². The second-order valence-electron chi connectivity index (χ2n) is 4.48. The van der Waals surface area contributed by atoms with E-state index in [-0.39, 0.29) is 0 Å². The normalized spacial score (nSPS) is 10.7. The first kappa shape index (κ1) is 17.0. The average molecular weight is 281 g/mol. The molecule has 0 saturated carbocycles. The van der Waals surface area contributed by atoms with Crippen molar-refractivity contribution in [2.75, 3.05) is 39.6 Å². The van der Waals surface area contributed by atoms with Crippen LogP contribution in [0.2, 0.25) is 0 Å². The van der Waals surface area contributed by atoms with Crippen molar-refractivity contribution in [3.63, 3.8) is 0 Å². The molecule has 0 spiro atoms. The van der Waals surface area contributed by atoms with E-state index in [1.165, 1.54) is 5.56 Å². The number of nitrogens with one attached hydrogen (secondary N) is 1. The van der Waals surface area contributed by atoms with Gasteiger partial charge < -0.3 is 19.5 Å². The summed E-state index contributed by atoms with van der Waals surface area (Å²) in [6.07, 6.45) is 1.16. The fourth-order valence-electron chi connectivity index (χ4n) is 1.70. The summed E-state index contributed by atoms with van der Waals surface area (Å²) in [5, 5.41) is 3.37. The second kappa shape index (κ2) is 11.7. The third kappa shape index (κ3) is 8.15. The highest BCUT2D eigenvalue weighted by Crippen LogP contribution is 2.11. The molecule has 0 fully saturated rings. The lowest BCUT2D eigenvalue weighted by Gasteiger charge is -2.08. The maximum atomic E-state index is 5.61. The van der Waals surface area contributed by atoms with Gasteiger partial charge in [-0.1, -0.05) is 19.1 Å². The fraction of sp³-hybridized carbons (Fsp3) is 0.625. The molecule has 0 saturated heterocycles. The molecule has 4 heteroatoms. The van der Waals surface area contributed by atoms with Crippen LogP contribution in [0.15, 0.2) is 24.3 Å². The lowest BCUT2D eigenvalue weighted by Crippen LogP contribution is -2.13. The third-order valence-electron chi connectivity index (χ3n) is 2.75. The Morgan fingerprint density at radius 3 is 2.30 bits per heavy atom. The maximum absolute atomic E-state index is 5.61. The molecule has 4 nitrogen and oxygen atoms in total. The van der Waals surface area contributed by atoms with E-state index in [0.29, 0.717) is 26.4 Å². The van der Waals surface area contributed by atoms with E-state index < -0.39 is 0 Å². The monoisotopic (exact) mass is 281 g/mol. The van der Waals surface area contributed by atoms with Gasteiger partial charge in [-0.2, -0.15) is 0 Å². The molecule has 0 heterocycles. The Labute approximate surface area is 122 Å². The first-order valence-electron chi connectivity index (χ1n) is 7.44. The minimum Gasteiger partial charge on any atom is -0.491 e. The lowest BCUT2D eigenvalue weighted by atomic mass is 10.2. The Morgan fingerprint density at radius 2 is 1.60 bits per heavy atom. The van der Waals surface area contributed by atoms with Gasteiger partial charge in [0.25, 0.3) is 0 Å². The van der Waals surface area contributed by atoms with Crippen molar-refractivity contribution in [3.05, 3.63) is 29.8 Å². The first-order valence-corrected chi connectivity index (χ1v) is 7.44. The van der Waals surface area contributed by atoms with Crippen LogP contribution >= 0.6 is 0 Å². The molecule has 1 N–H and O–H groups in total. The Hall–Kier alpha value is -1.10. The van der Waals surface area contributed by atoms with E-state index in [1.807, 2.05) is 19.1 Å². The van der Waals surface area contributed by atoms with Crippen LogP contribution in [0.1, 0.15) is 25.8 Å². The zero-order valence-corrected chi connectivity index (χ0v) is 12.7.